The number of hydrogen-bond acceptors (Lipinski definition) is 3. The van der Waals surface area contributed by atoms with Gasteiger partial charge in [-0.15, -0.1) is 11.3 Å². The molecule has 0 saturated heterocycles. The summed E-state index contributed by atoms with van der Waals surface area (Å²) < 4.78 is 3.78. The maximum Gasteiger partial charge on any atom is 0.499 e. The molecule has 0 radical (unpaired) electrons. The number of halogens is 2. The van der Waals surface area contributed by atoms with Crippen LogP contribution < -0.4 is 4.78 Å². The summed E-state index contributed by atoms with van der Waals surface area (Å²) >= 11 is 7.06. The lowest BCUT2D eigenvalue weighted by Gasteiger charge is -1.94. The number of benzene rings is 1. The van der Waals surface area contributed by atoms with Gasteiger partial charge < -0.3 is 10.0 Å². The topological polar surface area (TPSA) is 40.5 Å². The van der Waals surface area contributed by atoms with E-state index in [9.17, 15) is 0 Å². The molecule has 0 spiro atoms. The highest BCUT2D eigenvalue weighted by Gasteiger charge is 2.15. The van der Waals surface area contributed by atoms with E-state index in [0.717, 1.165) is 18.1 Å². The maximum atomic E-state index is 9.02. The first-order chi connectivity index (χ1) is 6.58. The van der Waals surface area contributed by atoms with Gasteiger partial charge in [0.05, 0.1) is 0 Å². The highest BCUT2D eigenvalue weighted by Crippen LogP contribution is 2.28. The fraction of sp³-hybridized carbons (Fsp3) is 0. The highest BCUT2D eigenvalue weighted by atomic mass is 127. The fourth-order valence-electron chi connectivity index (χ4n) is 1.18. The van der Waals surface area contributed by atoms with Crippen molar-refractivity contribution in [2.75, 3.05) is 0 Å². The lowest BCUT2D eigenvalue weighted by atomic mass is 9.89. The molecule has 14 heavy (non-hydrogen) atoms. The zero-order valence-electron chi connectivity index (χ0n) is 6.87. The molecule has 0 saturated carbocycles. The van der Waals surface area contributed by atoms with Crippen LogP contribution in [-0.4, -0.2) is 17.2 Å². The van der Waals surface area contributed by atoms with Crippen molar-refractivity contribution in [3.8, 4) is 0 Å². The predicted octanol–water partition coefficient (Wildman–Crippen LogP) is 1.95. The first-order valence-electron chi connectivity index (χ1n) is 3.82. The summed E-state index contributed by atoms with van der Waals surface area (Å²) in [5.41, 5.74) is 0. The molecule has 1 aromatic heterocycles. The minimum absolute atomic E-state index is 0.578. The standard InChI is InChI=1S/C8H5BBrIO2S/c10-5-3-7-4(1-6(5)11)2-8(14-7)9(12)13/h1-3,12-13H. The Bertz CT molecular complexity index is 446. The summed E-state index contributed by atoms with van der Waals surface area (Å²) in [6, 6.07) is 5.81. The third kappa shape index (κ3) is 1.99. The second-order valence-electron chi connectivity index (χ2n) is 2.83. The minimum atomic E-state index is -1.37. The van der Waals surface area contributed by atoms with Gasteiger partial charge >= 0.3 is 7.12 Å². The van der Waals surface area contributed by atoms with Gasteiger partial charge in [0, 0.05) is 17.5 Å². The number of hydrogen-bond donors (Lipinski definition) is 2. The molecule has 2 nitrogen and oxygen atoms in total. The Hall–Kier alpha value is 0.375. The Balaban J connectivity index is 2.66. The molecule has 6 heteroatoms. The molecule has 2 rings (SSSR count). The molecule has 0 unspecified atom stereocenters. The lowest BCUT2D eigenvalue weighted by Crippen LogP contribution is -2.26. The van der Waals surface area contributed by atoms with Crippen LogP contribution in [0.2, 0.25) is 0 Å². The normalized spacial score (nSPS) is 10.9. The maximum absolute atomic E-state index is 9.02. The van der Waals surface area contributed by atoms with Crippen LogP contribution in [0.5, 0.6) is 0 Å². The molecule has 72 valence electrons. The number of fused-ring (bicyclic) bond motifs is 1. The first kappa shape index (κ1) is 10.9. The first-order valence-corrected chi connectivity index (χ1v) is 6.51. The average Bonchev–Trinajstić information content (AvgIpc) is 2.48. The van der Waals surface area contributed by atoms with E-state index in [0.29, 0.717) is 4.78 Å². The molecule has 0 amide bonds. The summed E-state index contributed by atoms with van der Waals surface area (Å²) in [7, 11) is -1.37. The molecule has 0 aliphatic carbocycles. The Morgan fingerprint density at radius 3 is 2.64 bits per heavy atom. The highest BCUT2D eigenvalue weighted by molar-refractivity contribution is 14.1. The van der Waals surface area contributed by atoms with E-state index in [1.807, 2.05) is 12.1 Å². The smallest absolute Gasteiger partial charge is 0.423 e. The second kappa shape index (κ2) is 4.09. The molecule has 1 heterocycles. The summed E-state index contributed by atoms with van der Waals surface area (Å²) in [5.74, 6) is 0. The van der Waals surface area contributed by atoms with Crippen molar-refractivity contribution in [3.05, 3.63) is 26.2 Å². The zero-order valence-corrected chi connectivity index (χ0v) is 11.4. The van der Waals surface area contributed by atoms with Gasteiger partial charge in [0.1, 0.15) is 0 Å². The summed E-state index contributed by atoms with van der Waals surface area (Å²) in [4.78, 5) is 0. The van der Waals surface area contributed by atoms with E-state index in [1.165, 1.54) is 11.3 Å². The van der Waals surface area contributed by atoms with E-state index in [2.05, 4.69) is 38.5 Å². The molecular weight excluding hydrogens is 378 g/mol. The molecule has 0 atom stereocenters. The van der Waals surface area contributed by atoms with Crippen LogP contribution >= 0.6 is 49.9 Å². The fourth-order valence-corrected chi connectivity index (χ4v) is 3.13. The molecule has 1 aromatic carbocycles. The largest absolute Gasteiger partial charge is 0.499 e. The quantitative estimate of drug-likeness (QED) is 0.584. The van der Waals surface area contributed by atoms with Crippen LogP contribution in [-0.2, 0) is 0 Å². The summed E-state index contributed by atoms with van der Waals surface area (Å²) in [5, 5.41) is 19.1. The Morgan fingerprint density at radius 1 is 1.29 bits per heavy atom. The number of rotatable bonds is 1. The van der Waals surface area contributed by atoms with Crippen LogP contribution in [0.1, 0.15) is 0 Å². The van der Waals surface area contributed by atoms with E-state index in [1.54, 1.807) is 6.07 Å². The molecule has 0 aliphatic heterocycles. The summed E-state index contributed by atoms with van der Waals surface area (Å²) in [6.45, 7) is 0. The Labute approximate surface area is 107 Å². The van der Waals surface area contributed by atoms with Crippen LogP contribution in [0.25, 0.3) is 10.1 Å². The number of thiophene rings is 1. The van der Waals surface area contributed by atoms with Crippen LogP contribution in [0.4, 0.5) is 0 Å². The van der Waals surface area contributed by atoms with Crippen LogP contribution in [0.15, 0.2) is 22.7 Å². The van der Waals surface area contributed by atoms with E-state index >= 15 is 0 Å². The second-order valence-corrected chi connectivity index (χ2v) is 5.96. The third-order valence-corrected chi connectivity index (χ3v) is 5.26. The van der Waals surface area contributed by atoms with Gasteiger partial charge in [-0.2, -0.15) is 0 Å². The minimum Gasteiger partial charge on any atom is -0.423 e. The molecule has 0 bridgehead atoms. The SMILES string of the molecule is OB(O)c1cc2cc(I)c(Br)cc2s1. The van der Waals surface area contributed by atoms with E-state index in [4.69, 9.17) is 10.0 Å². The molecule has 0 aliphatic rings. The predicted molar refractivity (Wildman–Crippen MR) is 72.1 cm³/mol. The van der Waals surface area contributed by atoms with E-state index in [-0.39, 0.29) is 0 Å². The lowest BCUT2D eigenvalue weighted by molar-refractivity contribution is 0.427. The van der Waals surface area contributed by atoms with Gasteiger partial charge in [0.25, 0.3) is 0 Å². The third-order valence-electron chi connectivity index (χ3n) is 1.83. The van der Waals surface area contributed by atoms with Crippen LogP contribution in [0.3, 0.4) is 0 Å². The van der Waals surface area contributed by atoms with Gasteiger partial charge in [-0.05, 0) is 62.1 Å². The van der Waals surface area contributed by atoms with Gasteiger partial charge in [0.15, 0.2) is 0 Å². The molecule has 2 aromatic rings. The van der Waals surface area contributed by atoms with Crippen molar-refractivity contribution in [2.24, 2.45) is 0 Å². The van der Waals surface area contributed by atoms with Gasteiger partial charge in [-0.25, -0.2) is 0 Å². The molecule has 0 fully saturated rings. The molecular formula is C8H5BBrIO2S. The van der Waals surface area contributed by atoms with Crippen molar-refractivity contribution >= 4 is 71.8 Å². The van der Waals surface area contributed by atoms with Crippen molar-refractivity contribution < 1.29 is 10.0 Å². The average molecular weight is 383 g/mol. The Morgan fingerprint density at radius 2 is 2.00 bits per heavy atom. The van der Waals surface area contributed by atoms with Crippen LogP contribution in [0, 0.1) is 3.57 Å². The summed E-state index contributed by atoms with van der Waals surface area (Å²) in [6.07, 6.45) is 0. The molecule has 2 N–H and O–H groups in total. The Kier molecular flexibility index (Phi) is 3.18. The van der Waals surface area contributed by atoms with Crippen molar-refractivity contribution in [1.29, 1.82) is 0 Å². The van der Waals surface area contributed by atoms with Crippen molar-refractivity contribution in [3.63, 3.8) is 0 Å². The van der Waals surface area contributed by atoms with Gasteiger partial charge in [0.2, 0.25) is 0 Å². The monoisotopic (exact) mass is 382 g/mol. The van der Waals surface area contributed by atoms with Crippen molar-refractivity contribution in [2.45, 2.75) is 0 Å². The zero-order chi connectivity index (χ0) is 10.3. The van der Waals surface area contributed by atoms with Gasteiger partial charge in [-0.1, -0.05) is 0 Å². The van der Waals surface area contributed by atoms with Crippen molar-refractivity contribution in [1.82, 2.24) is 0 Å². The van der Waals surface area contributed by atoms with E-state index < -0.39 is 7.12 Å². The van der Waals surface area contributed by atoms with Gasteiger partial charge in [-0.3, -0.25) is 0 Å².